The second-order valence-electron chi connectivity index (χ2n) is 6.13. The summed E-state index contributed by atoms with van der Waals surface area (Å²) in [5.41, 5.74) is 8.47. The molecule has 2 N–H and O–H groups in total. The number of halogens is 1. The molecule has 0 unspecified atom stereocenters. The Bertz CT molecular complexity index is 910. The van der Waals surface area contributed by atoms with E-state index in [9.17, 15) is 4.79 Å². The van der Waals surface area contributed by atoms with Gasteiger partial charge in [0.25, 0.3) is 0 Å². The van der Waals surface area contributed by atoms with Gasteiger partial charge in [-0.3, -0.25) is 4.79 Å². The first-order valence-electron chi connectivity index (χ1n) is 8.32. The molecule has 3 rings (SSSR count). The third-order valence-corrected chi connectivity index (χ3v) is 6.51. The van der Waals surface area contributed by atoms with E-state index in [4.69, 9.17) is 21.9 Å². The van der Waals surface area contributed by atoms with Crippen molar-refractivity contribution in [3.63, 3.8) is 0 Å². The van der Waals surface area contributed by atoms with E-state index in [1.165, 1.54) is 35.4 Å². The number of aromatic nitrogens is 1. The van der Waals surface area contributed by atoms with Gasteiger partial charge in [-0.15, -0.1) is 11.3 Å². The summed E-state index contributed by atoms with van der Waals surface area (Å²) in [5, 5.41) is 5.88. The highest BCUT2D eigenvalue weighted by molar-refractivity contribution is 8.10. The van der Waals surface area contributed by atoms with Gasteiger partial charge in [0.2, 0.25) is 5.91 Å². The van der Waals surface area contributed by atoms with E-state index in [-0.39, 0.29) is 11.8 Å². The number of amides is 1. The average molecular weight is 422 g/mol. The van der Waals surface area contributed by atoms with Gasteiger partial charge in [-0.2, -0.15) is 0 Å². The Balaban J connectivity index is 2.07. The highest BCUT2D eigenvalue weighted by Crippen LogP contribution is 2.41. The normalized spacial score (nSPS) is 17.4. The van der Waals surface area contributed by atoms with Gasteiger partial charge < -0.3 is 15.2 Å². The highest BCUT2D eigenvalue weighted by atomic mass is 35.5. The van der Waals surface area contributed by atoms with Crippen molar-refractivity contribution in [3.05, 3.63) is 68.2 Å². The molecule has 27 heavy (non-hydrogen) atoms. The van der Waals surface area contributed by atoms with Crippen LogP contribution in [0.5, 0.6) is 0 Å². The summed E-state index contributed by atoms with van der Waals surface area (Å²) in [6.45, 7) is 8.52. The molecule has 0 radical (unpaired) electrons. The molecular weight excluding hydrogens is 402 g/mol. The van der Waals surface area contributed by atoms with E-state index >= 15 is 0 Å². The van der Waals surface area contributed by atoms with Crippen molar-refractivity contribution in [2.24, 2.45) is 5.73 Å². The van der Waals surface area contributed by atoms with Crippen LogP contribution in [0.4, 0.5) is 0 Å². The highest BCUT2D eigenvalue weighted by Gasteiger charge is 2.29. The number of carbonyl (C=O) groups excluding carboxylic acids is 1. The molecule has 1 aliphatic rings. The molecule has 0 bridgehead atoms. The monoisotopic (exact) mass is 421 g/mol. The van der Waals surface area contributed by atoms with Crippen LogP contribution < -0.4 is 5.73 Å². The van der Waals surface area contributed by atoms with Gasteiger partial charge in [-0.25, -0.2) is 0 Å². The minimum absolute atomic E-state index is 0.00349. The van der Waals surface area contributed by atoms with E-state index in [0.717, 1.165) is 36.7 Å². The first kappa shape index (κ1) is 19.8. The van der Waals surface area contributed by atoms with Crippen molar-refractivity contribution >= 4 is 45.5 Å². The zero-order valence-corrected chi connectivity index (χ0v) is 17.5. The van der Waals surface area contributed by atoms with Crippen molar-refractivity contribution in [2.75, 3.05) is 6.54 Å². The van der Waals surface area contributed by atoms with Crippen LogP contribution in [0.2, 0.25) is 4.34 Å². The van der Waals surface area contributed by atoms with Gasteiger partial charge >= 0.3 is 0 Å². The van der Waals surface area contributed by atoms with Crippen molar-refractivity contribution < 1.29 is 9.32 Å². The lowest BCUT2D eigenvalue weighted by molar-refractivity contribution is -0.127. The Labute approximate surface area is 171 Å². The molecule has 1 atom stereocenters. The maximum atomic E-state index is 12.2. The number of hydrogen-bond acceptors (Lipinski definition) is 6. The standard InChI is InChI=1S/C19H20ClN3O2S2/c1-4-18(24)23-9-13(14-8-17(20)27-16(14)10-23)7-15(26-6-5-21)19-11(2)22-25-12(19)3/h4-8,13H,1,9-10,21H2,2-3H3/b6-5-,15-7+/t13-/m0/s1. The summed E-state index contributed by atoms with van der Waals surface area (Å²) in [5.74, 6) is 0.663. The van der Waals surface area contributed by atoms with Crippen molar-refractivity contribution in [1.82, 2.24) is 10.1 Å². The van der Waals surface area contributed by atoms with Gasteiger partial charge in [-0.1, -0.05) is 41.2 Å². The van der Waals surface area contributed by atoms with E-state index < -0.39 is 0 Å². The third kappa shape index (κ3) is 4.15. The van der Waals surface area contributed by atoms with Crippen LogP contribution in [0.15, 0.2) is 40.9 Å². The Morgan fingerprint density at radius 2 is 2.33 bits per heavy atom. The molecule has 0 saturated carbocycles. The Hall–Kier alpha value is -1.96. The Morgan fingerprint density at radius 3 is 2.96 bits per heavy atom. The SMILES string of the molecule is C=CC(=O)N1Cc2sc(Cl)cc2[C@@H](/C=C(/S/C=C\N)c2c(C)noc2C)C1. The molecule has 0 fully saturated rings. The van der Waals surface area contributed by atoms with E-state index in [1.807, 2.05) is 25.3 Å². The van der Waals surface area contributed by atoms with Crippen LogP contribution in [0.3, 0.4) is 0 Å². The summed E-state index contributed by atoms with van der Waals surface area (Å²) in [7, 11) is 0. The molecule has 1 aliphatic heterocycles. The first-order valence-corrected chi connectivity index (χ1v) is 10.4. The Morgan fingerprint density at radius 1 is 1.56 bits per heavy atom. The van der Waals surface area contributed by atoms with E-state index in [2.05, 4.69) is 17.8 Å². The van der Waals surface area contributed by atoms with Gasteiger partial charge in [0, 0.05) is 28.4 Å². The molecule has 2 aromatic heterocycles. The minimum Gasteiger partial charge on any atom is -0.404 e. The lowest BCUT2D eigenvalue weighted by atomic mass is 9.94. The maximum absolute atomic E-state index is 12.2. The van der Waals surface area contributed by atoms with Gasteiger partial charge in [0.1, 0.15) is 5.76 Å². The lowest BCUT2D eigenvalue weighted by Gasteiger charge is -2.31. The number of thioether (sulfide) groups is 1. The largest absolute Gasteiger partial charge is 0.404 e. The lowest BCUT2D eigenvalue weighted by Crippen LogP contribution is -2.36. The number of nitrogens with zero attached hydrogens (tertiary/aromatic N) is 2. The number of aryl methyl sites for hydroxylation is 2. The summed E-state index contributed by atoms with van der Waals surface area (Å²) in [6, 6.07) is 1.99. The predicted octanol–water partition coefficient (Wildman–Crippen LogP) is 4.82. The van der Waals surface area contributed by atoms with Gasteiger partial charge in [-0.05, 0) is 37.0 Å². The zero-order valence-electron chi connectivity index (χ0n) is 15.1. The molecule has 0 spiro atoms. The van der Waals surface area contributed by atoms with Crippen LogP contribution >= 0.6 is 34.7 Å². The van der Waals surface area contributed by atoms with Crippen molar-refractivity contribution in [3.8, 4) is 0 Å². The van der Waals surface area contributed by atoms with Gasteiger partial charge in [0.15, 0.2) is 0 Å². The van der Waals surface area contributed by atoms with E-state index in [0.29, 0.717) is 13.1 Å². The molecule has 1 amide bonds. The molecule has 142 valence electrons. The average Bonchev–Trinajstić information content (AvgIpc) is 3.19. The summed E-state index contributed by atoms with van der Waals surface area (Å²) in [6.07, 6.45) is 4.99. The number of nitrogens with two attached hydrogens (primary N) is 1. The third-order valence-electron chi connectivity index (χ3n) is 4.35. The van der Waals surface area contributed by atoms with Gasteiger partial charge in [0.05, 0.1) is 22.1 Å². The zero-order chi connectivity index (χ0) is 19.6. The van der Waals surface area contributed by atoms with Crippen molar-refractivity contribution in [1.29, 1.82) is 0 Å². The molecule has 8 heteroatoms. The fourth-order valence-corrected chi connectivity index (χ4v) is 5.42. The van der Waals surface area contributed by atoms with Crippen LogP contribution in [-0.2, 0) is 11.3 Å². The summed E-state index contributed by atoms with van der Waals surface area (Å²) in [4.78, 5) is 16.1. The second-order valence-corrected chi connectivity index (χ2v) is 8.85. The molecule has 2 aromatic rings. The van der Waals surface area contributed by atoms with Crippen LogP contribution in [0.25, 0.3) is 4.91 Å². The predicted molar refractivity (Wildman–Crippen MR) is 113 cm³/mol. The smallest absolute Gasteiger partial charge is 0.246 e. The van der Waals surface area contributed by atoms with Crippen LogP contribution in [0, 0.1) is 13.8 Å². The molecule has 3 heterocycles. The number of hydrogen-bond donors (Lipinski definition) is 1. The van der Waals surface area contributed by atoms with Crippen LogP contribution in [-0.4, -0.2) is 22.5 Å². The van der Waals surface area contributed by atoms with Crippen molar-refractivity contribution in [2.45, 2.75) is 26.3 Å². The first-order chi connectivity index (χ1) is 12.9. The number of fused-ring (bicyclic) bond motifs is 1. The quantitative estimate of drug-likeness (QED) is 0.700. The summed E-state index contributed by atoms with van der Waals surface area (Å²) < 4.78 is 6.06. The summed E-state index contributed by atoms with van der Waals surface area (Å²) >= 11 is 9.27. The fourth-order valence-electron chi connectivity index (χ4n) is 3.17. The molecule has 0 saturated heterocycles. The minimum atomic E-state index is -0.0861. The topological polar surface area (TPSA) is 72.4 Å². The molecule has 0 aliphatic carbocycles. The van der Waals surface area contributed by atoms with Crippen LogP contribution in [0.1, 0.15) is 33.4 Å². The number of thiophene rings is 1. The van der Waals surface area contributed by atoms with E-state index in [1.54, 1.807) is 4.90 Å². The number of rotatable bonds is 5. The second kappa shape index (κ2) is 8.37. The number of carbonyl (C=O) groups is 1. The molecule has 5 nitrogen and oxygen atoms in total. The fraction of sp³-hybridized carbons (Fsp3) is 0.263. The maximum Gasteiger partial charge on any atom is 0.246 e. The molecule has 0 aromatic carbocycles. The Kier molecular flexibility index (Phi) is 6.14. The molecular formula is C19H20ClN3O2S2.